The number of ether oxygens (including phenoxy) is 3. The van der Waals surface area contributed by atoms with Gasteiger partial charge in [-0.3, -0.25) is 9.80 Å². The van der Waals surface area contributed by atoms with Crippen molar-refractivity contribution >= 4 is 29.7 Å². The summed E-state index contributed by atoms with van der Waals surface area (Å²) in [5, 5.41) is 2.31. The third-order valence-electron chi connectivity index (χ3n) is 3.89. The minimum Gasteiger partial charge on any atom is -0.444 e. The molecule has 134 valence electrons. The molecule has 0 saturated carbocycles. The summed E-state index contributed by atoms with van der Waals surface area (Å²) in [6.45, 7) is -0.888. The number of cyclic esters (lactones) is 2. The first kappa shape index (κ1) is 16.8. The van der Waals surface area contributed by atoms with E-state index in [1.807, 2.05) is 0 Å². The molecular weight excluding hydrogens is 337 g/mol. The third-order valence-corrected chi connectivity index (χ3v) is 3.89. The summed E-state index contributed by atoms with van der Waals surface area (Å²) < 4.78 is 26.2. The van der Waals surface area contributed by atoms with Gasteiger partial charge < -0.3 is 19.5 Å². The monoisotopic (exact) mass is 353 g/mol. The van der Waals surface area contributed by atoms with Crippen molar-refractivity contribution in [2.75, 3.05) is 36.8 Å². The zero-order chi connectivity index (χ0) is 18.0. The molecule has 9 nitrogen and oxygen atoms in total. The van der Waals surface area contributed by atoms with Crippen molar-refractivity contribution in [3.05, 3.63) is 23.8 Å². The van der Waals surface area contributed by atoms with Crippen LogP contribution >= 0.6 is 0 Å². The van der Waals surface area contributed by atoms with E-state index in [-0.39, 0.29) is 19.7 Å². The molecule has 1 fully saturated rings. The number of carbonyl (C=O) groups is 3. The maximum atomic E-state index is 12.0. The first-order valence-electron chi connectivity index (χ1n) is 7.47. The molecule has 1 saturated heterocycles. The van der Waals surface area contributed by atoms with E-state index in [9.17, 15) is 18.8 Å². The molecule has 1 aromatic rings. The predicted molar refractivity (Wildman–Crippen MR) is 83.1 cm³/mol. The van der Waals surface area contributed by atoms with Gasteiger partial charge in [-0.15, -0.1) is 0 Å². The highest BCUT2D eigenvalue weighted by Gasteiger charge is 2.33. The second-order valence-corrected chi connectivity index (χ2v) is 5.46. The van der Waals surface area contributed by atoms with Crippen LogP contribution < -0.4 is 15.1 Å². The zero-order valence-corrected chi connectivity index (χ0v) is 13.4. The minimum absolute atomic E-state index is 0.00631. The van der Waals surface area contributed by atoms with Gasteiger partial charge in [0.05, 0.1) is 18.8 Å². The summed E-state index contributed by atoms with van der Waals surface area (Å²) in [4.78, 5) is 37.4. The standard InChI is InChI=1S/C15H16FN3O6/c1-18-12-3-2-10(4-9(12)7-23-14(18)21)19-6-11(25-15(19)22)5-17-13(20)24-8-16/h2-4,11H,5-8H2,1H3,(H,17,20)/t11-/m0/s1. The van der Waals surface area contributed by atoms with Crippen LogP contribution in [0, 0.1) is 0 Å². The van der Waals surface area contributed by atoms with Gasteiger partial charge in [0.2, 0.25) is 6.86 Å². The van der Waals surface area contributed by atoms with Crippen LogP contribution in [0.4, 0.5) is 30.1 Å². The normalized spacial score (nSPS) is 19.2. The number of benzene rings is 1. The van der Waals surface area contributed by atoms with Crippen LogP contribution in [-0.2, 0) is 20.8 Å². The Hall–Kier alpha value is -3.04. The molecule has 1 aromatic carbocycles. The molecule has 25 heavy (non-hydrogen) atoms. The fourth-order valence-corrected chi connectivity index (χ4v) is 2.65. The van der Waals surface area contributed by atoms with Gasteiger partial charge in [-0.1, -0.05) is 0 Å². The number of rotatable bonds is 4. The average molecular weight is 353 g/mol. The molecule has 2 aliphatic heterocycles. The summed E-state index contributed by atoms with van der Waals surface area (Å²) in [5.41, 5.74) is 2.06. The molecule has 0 aromatic heterocycles. The van der Waals surface area contributed by atoms with Gasteiger partial charge in [-0.05, 0) is 18.2 Å². The first-order chi connectivity index (χ1) is 12.0. The van der Waals surface area contributed by atoms with Crippen LogP contribution in [0.5, 0.6) is 0 Å². The lowest BCUT2D eigenvalue weighted by Gasteiger charge is -2.26. The topological polar surface area (TPSA) is 97.4 Å². The highest BCUT2D eigenvalue weighted by atomic mass is 19.1. The van der Waals surface area contributed by atoms with E-state index in [2.05, 4.69) is 10.1 Å². The molecule has 3 amide bonds. The summed E-state index contributed by atoms with van der Waals surface area (Å²) in [7, 11) is 1.60. The summed E-state index contributed by atoms with van der Waals surface area (Å²) in [6, 6.07) is 5.16. The lowest BCUT2D eigenvalue weighted by Crippen LogP contribution is -2.35. The number of nitrogens with zero attached hydrogens (tertiary/aromatic N) is 2. The van der Waals surface area contributed by atoms with Crippen molar-refractivity contribution in [3.63, 3.8) is 0 Å². The van der Waals surface area contributed by atoms with Crippen molar-refractivity contribution in [3.8, 4) is 0 Å². The van der Waals surface area contributed by atoms with Crippen molar-refractivity contribution in [2.24, 2.45) is 0 Å². The Kier molecular flexibility index (Phi) is 4.59. The molecular formula is C15H16FN3O6. The van der Waals surface area contributed by atoms with E-state index in [4.69, 9.17) is 9.47 Å². The Labute approximate surface area is 142 Å². The van der Waals surface area contributed by atoms with Gasteiger partial charge in [-0.25, -0.2) is 18.8 Å². The molecule has 10 heteroatoms. The lowest BCUT2D eigenvalue weighted by atomic mass is 10.1. The Morgan fingerprint density at radius 3 is 2.96 bits per heavy atom. The molecule has 1 N–H and O–H groups in total. The largest absolute Gasteiger partial charge is 0.444 e. The van der Waals surface area contributed by atoms with Crippen molar-refractivity contribution < 1.29 is 33.0 Å². The molecule has 0 bridgehead atoms. The summed E-state index contributed by atoms with van der Waals surface area (Å²) in [6.07, 6.45) is -2.51. The zero-order valence-electron chi connectivity index (χ0n) is 13.4. The first-order valence-corrected chi connectivity index (χ1v) is 7.47. The summed E-state index contributed by atoms with van der Waals surface area (Å²) in [5.74, 6) is 0. The Bertz CT molecular complexity index is 713. The Morgan fingerprint density at radius 2 is 2.20 bits per heavy atom. The minimum atomic E-state index is -1.23. The van der Waals surface area contributed by atoms with Crippen LogP contribution in [0.25, 0.3) is 0 Å². The van der Waals surface area contributed by atoms with Gasteiger partial charge in [0, 0.05) is 18.3 Å². The van der Waals surface area contributed by atoms with E-state index in [1.165, 1.54) is 9.80 Å². The van der Waals surface area contributed by atoms with Crippen LogP contribution in [-0.4, -0.2) is 51.4 Å². The number of amides is 3. The number of hydrogen-bond acceptors (Lipinski definition) is 6. The summed E-state index contributed by atoms with van der Waals surface area (Å²) >= 11 is 0. The van der Waals surface area contributed by atoms with Crippen LogP contribution in [0.3, 0.4) is 0 Å². The van der Waals surface area contributed by atoms with Crippen LogP contribution in [0.2, 0.25) is 0 Å². The molecule has 0 aliphatic carbocycles. The van der Waals surface area contributed by atoms with E-state index in [0.717, 1.165) is 5.56 Å². The average Bonchev–Trinajstić information content (AvgIpc) is 2.97. The lowest BCUT2D eigenvalue weighted by molar-refractivity contribution is 0.0918. The Balaban J connectivity index is 1.67. The molecule has 0 radical (unpaired) electrons. The highest BCUT2D eigenvalue weighted by Crippen LogP contribution is 2.31. The number of alkyl halides is 1. The second-order valence-electron chi connectivity index (χ2n) is 5.46. The van der Waals surface area contributed by atoms with Gasteiger partial charge in [0.1, 0.15) is 12.7 Å². The van der Waals surface area contributed by atoms with Crippen LogP contribution in [0.1, 0.15) is 5.56 Å². The fourth-order valence-electron chi connectivity index (χ4n) is 2.65. The smallest absolute Gasteiger partial charge is 0.414 e. The predicted octanol–water partition coefficient (Wildman–Crippen LogP) is 1.75. The van der Waals surface area contributed by atoms with Crippen LogP contribution in [0.15, 0.2) is 18.2 Å². The maximum Gasteiger partial charge on any atom is 0.414 e. The van der Waals surface area contributed by atoms with Crippen molar-refractivity contribution in [1.82, 2.24) is 5.32 Å². The van der Waals surface area contributed by atoms with E-state index >= 15 is 0 Å². The molecule has 0 unspecified atom stereocenters. The van der Waals surface area contributed by atoms with E-state index in [1.54, 1.807) is 25.2 Å². The van der Waals surface area contributed by atoms with E-state index < -0.39 is 31.2 Å². The SMILES string of the molecule is CN1C(=O)OCc2cc(N3C[C@H](CNC(=O)OCF)OC3=O)ccc21. The molecule has 0 spiro atoms. The van der Waals surface area contributed by atoms with Gasteiger partial charge in [0.15, 0.2) is 0 Å². The van der Waals surface area contributed by atoms with Gasteiger partial charge in [0.25, 0.3) is 0 Å². The molecule has 2 heterocycles. The molecule has 3 rings (SSSR count). The van der Waals surface area contributed by atoms with Crippen molar-refractivity contribution in [2.45, 2.75) is 12.7 Å². The second kappa shape index (κ2) is 6.83. The fraction of sp³-hybridized carbons (Fsp3) is 0.400. The number of anilines is 2. The number of carbonyl (C=O) groups excluding carboxylic acids is 3. The number of halogens is 1. The van der Waals surface area contributed by atoms with Gasteiger partial charge in [-0.2, -0.15) is 0 Å². The maximum absolute atomic E-state index is 12.0. The third kappa shape index (κ3) is 3.42. The molecule has 2 aliphatic rings. The Morgan fingerprint density at radius 1 is 1.40 bits per heavy atom. The molecule has 1 atom stereocenters. The van der Waals surface area contributed by atoms with Crippen molar-refractivity contribution in [1.29, 1.82) is 0 Å². The quantitative estimate of drug-likeness (QED) is 0.829. The number of hydrogen-bond donors (Lipinski definition) is 1. The number of fused-ring (bicyclic) bond motifs is 1. The number of alkyl carbamates (subject to hydrolysis) is 1. The van der Waals surface area contributed by atoms with E-state index in [0.29, 0.717) is 11.4 Å². The highest BCUT2D eigenvalue weighted by molar-refractivity contribution is 5.93. The number of nitrogens with one attached hydrogen (secondary N) is 1. The van der Waals surface area contributed by atoms with Gasteiger partial charge >= 0.3 is 18.3 Å².